The van der Waals surface area contributed by atoms with Gasteiger partial charge in [-0.1, -0.05) is 12.1 Å². The first kappa shape index (κ1) is 15.0. The first-order valence-electron chi connectivity index (χ1n) is 6.80. The molecule has 2 aromatic rings. The lowest BCUT2D eigenvalue weighted by atomic mass is 10.1. The van der Waals surface area contributed by atoms with E-state index in [4.69, 9.17) is 0 Å². The molecule has 1 N–H and O–H groups in total. The maximum Gasteiger partial charge on any atom is 0.387 e. The van der Waals surface area contributed by atoms with E-state index in [-0.39, 0.29) is 23.8 Å². The Kier molecular flexibility index (Phi) is 3.92. The minimum atomic E-state index is -2.92. The van der Waals surface area contributed by atoms with Crippen molar-refractivity contribution in [2.24, 2.45) is 0 Å². The number of hydrogen-bond acceptors (Lipinski definition) is 3. The molecule has 0 radical (unpaired) electrons. The number of ether oxygens (including phenoxy) is 1. The topological polar surface area (TPSA) is 58.6 Å². The molecule has 0 bridgehead atoms. The van der Waals surface area contributed by atoms with E-state index in [0.717, 1.165) is 0 Å². The van der Waals surface area contributed by atoms with Gasteiger partial charge in [0.05, 0.1) is 11.4 Å². The van der Waals surface area contributed by atoms with E-state index >= 15 is 0 Å². The zero-order valence-corrected chi connectivity index (χ0v) is 11.8. The van der Waals surface area contributed by atoms with E-state index in [1.807, 2.05) is 0 Å². The van der Waals surface area contributed by atoms with Crippen molar-refractivity contribution in [1.82, 2.24) is 0 Å². The molecule has 0 aliphatic carbocycles. The Morgan fingerprint density at radius 2 is 1.83 bits per heavy atom. The van der Waals surface area contributed by atoms with Gasteiger partial charge in [0.2, 0.25) is 5.91 Å². The number of nitrogens with zero attached hydrogens (tertiary/aromatic N) is 1. The molecule has 0 saturated carbocycles. The molecule has 2 aromatic carbocycles. The zero-order chi connectivity index (χ0) is 16.4. The molecular formula is C16H12F2N2O3. The molecule has 1 heterocycles. The van der Waals surface area contributed by atoms with E-state index < -0.39 is 12.5 Å². The summed E-state index contributed by atoms with van der Waals surface area (Å²) in [5, 5.41) is 2.69. The van der Waals surface area contributed by atoms with Crippen LogP contribution in [0.1, 0.15) is 10.4 Å². The van der Waals surface area contributed by atoms with Gasteiger partial charge in [-0.2, -0.15) is 8.78 Å². The van der Waals surface area contributed by atoms with Crippen LogP contribution in [0.4, 0.5) is 20.2 Å². The number of halogens is 2. The molecule has 0 spiro atoms. The summed E-state index contributed by atoms with van der Waals surface area (Å²) < 4.78 is 28.5. The van der Waals surface area contributed by atoms with Gasteiger partial charge in [-0.15, -0.1) is 0 Å². The third kappa shape index (κ3) is 3.13. The standard InChI is InChI=1S/C16H12F2N2O3/c17-16(18)23-11-7-5-10(6-8-11)15(22)20-9-14(21)19-12-3-1-2-4-13(12)20/h1-8,16H,9H2,(H,19,21). The monoisotopic (exact) mass is 318 g/mol. The summed E-state index contributed by atoms with van der Waals surface area (Å²) >= 11 is 0. The quantitative estimate of drug-likeness (QED) is 0.946. The summed E-state index contributed by atoms with van der Waals surface area (Å²) in [5.74, 6) is -0.723. The maximum absolute atomic E-state index is 12.6. The molecule has 0 unspecified atom stereocenters. The van der Waals surface area contributed by atoms with E-state index in [1.165, 1.54) is 29.2 Å². The number of hydrogen-bond donors (Lipinski definition) is 1. The van der Waals surface area contributed by atoms with Crippen LogP contribution in [0.3, 0.4) is 0 Å². The number of amides is 2. The molecule has 5 nitrogen and oxygen atoms in total. The first-order chi connectivity index (χ1) is 11.0. The number of nitrogens with one attached hydrogen (secondary N) is 1. The van der Waals surface area contributed by atoms with Crippen LogP contribution in [0, 0.1) is 0 Å². The van der Waals surface area contributed by atoms with Crippen molar-refractivity contribution in [2.45, 2.75) is 6.61 Å². The van der Waals surface area contributed by atoms with Crippen molar-refractivity contribution in [3.8, 4) is 5.75 Å². The van der Waals surface area contributed by atoms with Crippen LogP contribution in [0.5, 0.6) is 5.75 Å². The molecule has 118 valence electrons. The average molecular weight is 318 g/mol. The van der Waals surface area contributed by atoms with Gasteiger partial charge in [-0.3, -0.25) is 14.5 Å². The minimum absolute atomic E-state index is 0.0339. The van der Waals surface area contributed by atoms with Crippen LogP contribution in [-0.4, -0.2) is 25.0 Å². The van der Waals surface area contributed by atoms with Gasteiger partial charge >= 0.3 is 6.61 Å². The molecule has 2 amide bonds. The van der Waals surface area contributed by atoms with E-state index in [1.54, 1.807) is 24.3 Å². The van der Waals surface area contributed by atoms with Crippen molar-refractivity contribution in [3.63, 3.8) is 0 Å². The van der Waals surface area contributed by atoms with Gasteiger partial charge in [-0.05, 0) is 36.4 Å². The van der Waals surface area contributed by atoms with Crippen LogP contribution in [0.15, 0.2) is 48.5 Å². The van der Waals surface area contributed by atoms with E-state index in [9.17, 15) is 18.4 Å². The minimum Gasteiger partial charge on any atom is -0.435 e. The fraction of sp³-hybridized carbons (Fsp3) is 0.125. The number of para-hydroxylation sites is 2. The first-order valence-corrected chi connectivity index (χ1v) is 6.80. The number of rotatable bonds is 3. The number of fused-ring (bicyclic) bond motifs is 1. The largest absolute Gasteiger partial charge is 0.435 e. The molecule has 3 rings (SSSR count). The highest BCUT2D eigenvalue weighted by molar-refractivity contribution is 6.15. The Hall–Kier alpha value is -2.96. The second kappa shape index (κ2) is 6.04. The fourth-order valence-electron chi connectivity index (χ4n) is 2.35. The van der Waals surface area contributed by atoms with Crippen molar-refractivity contribution in [3.05, 3.63) is 54.1 Å². The van der Waals surface area contributed by atoms with Crippen molar-refractivity contribution in [2.75, 3.05) is 16.8 Å². The van der Waals surface area contributed by atoms with Gasteiger partial charge in [0, 0.05) is 5.56 Å². The van der Waals surface area contributed by atoms with Crippen molar-refractivity contribution < 1.29 is 23.1 Å². The van der Waals surface area contributed by atoms with Gasteiger partial charge in [-0.25, -0.2) is 0 Å². The summed E-state index contributed by atoms with van der Waals surface area (Å²) in [4.78, 5) is 25.7. The smallest absolute Gasteiger partial charge is 0.387 e. The molecule has 7 heteroatoms. The van der Waals surface area contributed by atoms with Crippen molar-refractivity contribution in [1.29, 1.82) is 0 Å². The van der Waals surface area contributed by atoms with Crippen LogP contribution >= 0.6 is 0 Å². The number of carbonyl (C=O) groups excluding carboxylic acids is 2. The Balaban J connectivity index is 1.87. The highest BCUT2D eigenvalue weighted by atomic mass is 19.3. The normalized spacial score (nSPS) is 13.5. The number of alkyl halides is 2. The van der Waals surface area contributed by atoms with Gasteiger partial charge in [0.1, 0.15) is 12.3 Å². The van der Waals surface area contributed by atoms with Crippen LogP contribution in [0.2, 0.25) is 0 Å². The van der Waals surface area contributed by atoms with Crippen LogP contribution in [0.25, 0.3) is 0 Å². The number of benzene rings is 2. The van der Waals surface area contributed by atoms with E-state index in [0.29, 0.717) is 11.4 Å². The Morgan fingerprint density at radius 1 is 1.13 bits per heavy atom. The highest BCUT2D eigenvalue weighted by Crippen LogP contribution is 2.30. The average Bonchev–Trinajstić information content (AvgIpc) is 2.53. The van der Waals surface area contributed by atoms with Gasteiger partial charge in [0.25, 0.3) is 5.91 Å². The second-order valence-electron chi connectivity index (χ2n) is 4.86. The SMILES string of the molecule is O=C1CN(C(=O)c2ccc(OC(F)F)cc2)c2ccccc2N1. The number of anilines is 2. The fourth-order valence-corrected chi connectivity index (χ4v) is 2.35. The molecule has 0 atom stereocenters. The lowest BCUT2D eigenvalue weighted by Gasteiger charge is -2.29. The van der Waals surface area contributed by atoms with E-state index in [2.05, 4.69) is 10.1 Å². The lowest BCUT2D eigenvalue weighted by molar-refractivity contribution is -0.115. The Morgan fingerprint density at radius 3 is 2.52 bits per heavy atom. The summed E-state index contributed by atoms with van der Waals surface area (Å²) in [7, 11) is 0. The summed E-state index contributed by atoms with van der Waals surface area (Å²) in [6, 6.07) is 12.3. The van der Waals surface area contributed by atoms with Gasteiger partial charge in [0.15, 0.2) is 0 Å². The molecule has 1 aliphatic rings. The summed E-state index contributed by atoms with van der Waals surface area (Å²) in [6.07, 6.45) is 0. The number of carbonyl (C=O) groups is 2. The molecule has 0 fully saturated rings. The van der Waals surface area contributed by atoms with Crippen molar-refractivity contribution >= 4 is 23.2 Å². The van der Waals surface area contributed by atoms with Gasteiger partial charge < -0.3 is 10.1 Å². The molecule has 0 aromatic heterocycles. The third-order valence-electron chi connectivity index (χ3n) is 3.34. The molecule has 23 heavy (non-hydrogen) atoms. The predicted molar refractivity (Wildman–Crippen MR) is 79.8 cm³/mol. The predicted octanol–water partition coefficient (Wildman–Crippen LogP) is 2.89. The Labute approximate surface area is 130 Å². The highest BCUT2D eigenvalue weighted by Gasteiger charge is 2.27. The summed E-state index contributed by atoms with van der Waals surface area (Å²) in [6.45, 7) is -3.03. The Bertz CT molecular complexity index is 747. The maximum atomic E-state index is 12.6. The van der Waals surface area contributed by atoms with Crippen LogP contribution < -0.4 is 15.0 Å². The molecular weight excluding hydrogens is 306 g/mol. The zero-order valence-electron chi connectivity index (χ0n) is 11.8. The lowest BCUT2D eigenvalue weighted by Crippen LogP contribution is -2.42. The third-order valence-corrected chi connectivity index (χ3v) is 3.34. The second-order valence-corrected chi connectivity index (χ2v) is 4.86. The summed E-state index contributed by atoms with van der Waals surface area (Å²) in [5.41, 5.74) is 1.41. The molecule has 1 aliphatic heterocycles. The van der Waals surface area contributed by atoms with Crippen LogP contribution in [-0.2, 0) is 4.79 Å². The molecule has 0 saturated heterocycles.